The number of hydrogen-bond donors (Lipinski definition) is 2. The van der Waals surface area contributed by atoms with Crippen molar-refractivity contribution in [2.24, 2.45) is 0 Å². The molecule has 2 saturated heterocycles. The van der Waals surface area contributed by atoms with Crippen molar-refractivity contribution in [3.8, 4) is 5.75 Å². The molecule has 1 aromatic heterocycles. The molecular weight excluding hydrogens is 485 g/mol. The Balaban J connectivity index is 1.48. The zero-order chi connectivity index (χ0) is 25.1. The number of likely N-dealkylation sites (tertiary alicyclic amines) is 1. The van der Waals surface area contributed by atoms with Gasteiger partial charge in [-0.3, -0.25) is 4.79 Å². The summed E-state index contributed by atoms with van der Waals surface area (Å²) in [6, 6.07) is 8.28. The van der Waals surface area contributed by atoms with Crippen LogP contribution in [0.15, 0.2) is 49.3 Å². The molecule has 8 nitrogen and oxygen atoms in total. The SMILES string of the molecule is C=CC(=O)N1CCCC(Nc2cc3c(Nc4ccc(F)c(Cl)c4)ncnc3cc2O[C@H]2CCOC2)C1. The first-order valence-electron chi connectivity index (χ1n) is 11.9. The summed E-state index contributed by atoms with van der Waals surface area (Å²) in [5.74, 6) is 0.654. The van der Waals surface area contributed by atoms with Gasteiger partial charge in [0.2, 0.25) is 5.91 Å². The first-order chi connectivity index (χ1) is 17.5. The van der Waals surface area contributed by atoms with Crippen molar-refractivity contribution in [3.63, 3.8) is 0 Å². The number of carbonyl (C=O) groups excluding carboxylic acids is 1. The normalized spacial score (nSPS) is 19.8. The third-order valence-corrected chi connectivity index (χ3v) is 6.66. The first-order valence-corrected chi connectivity index (χ1v) is 12.3. The topological polar surface area (TPSA) is 88.6 Å². The summed E-state index contributed by atoms with van der Waals surface area (Å²) in [6.07, 6.45) is 5.38. The summed E-state index contributed by atoms with van der Waals surface area (Å²) in [7, 11) is 0. The van der Waals surface area contributed by atoms with Gasteiger partial charge in [0.1, 0.15) is 29.8 Å². The Labute approximate surface area is 213 Å². The Hall–Kier alpha value is -3.43. The van der Waals surface area contributed by atoms with Gasteiger partial charge in [-0.15, -0.1) is 0 Å². The molecular formula is C26H27ClFN5O3. The molecule has 2 aromatic carbocycles. The van der Waals surface area contributed by atoms with E-state index < -0.39 is 5.82 Å². The van der Waals surface area contributed by atoms with Gasteiger partial charge in [0, 0.05) is 42.7 Å². The van der Waals surface area contributed by atoms with Crippen molar-refractivity contribution in [1.82, 2.24) is 14.9 Å². The van der Waals surface area contributed by atoms with Gasteiger partial charge < -0.3 is 25.0 Å². The Morgan fingerprint density at radius 1 is 1.28 bits per heavy atom. The molecule has 2 aliphatic rings. The second-order valence-electron chi connectivity index (χ2n) is 8.92. The summed E-state index contributed by atoms with van der Waals surface area (Å²) in [4.78, 5) is 22.8. The van der Waals surface area contributed by atoms with Crippen molar-refractivity contribution in [2.75, 3.05) is 36.9 Å². The molecule has 10 heteroatoms. The lowest BCUT2D eigenvalue weighted by Gasteiger charge is -2.33. The van der Waals surface area contributed by atoms with Gasteiger partial charge in [0.15, 0.2) is 0 Å². The predicted molar refractivity (Wildman–Crippen MR) is 138 cm³/mol. The van der Waals surface area contributed by atoms with Crippen LogP contribution in [0.2, 0.25) is 5.02 Å². The molecule has 0 spiro atoms. The quantitative estimate of drug-likeness (QED) is 0.435. The van der Waals surface area contributed by atoms with Gasteiger partial charge in [-0.2, -0.15) is 0 Å². The number of anilines is 3. The van der Waals surface area contributed by atoms with E-state index in [0.717, 1.165) is 30.3 Å². The minimum Gasteiger partial charge on any atom is -0.486 e. The molecule has 0 radical (unpaired) electrons. The fraction of sp³-hybridized carbons (Fsp3) is 0.346. The highest BCUT2D eigenvalue weighted by Crippen LogP contribution is 2.36. The van der Waals surface area contributed by atoms with Crippen LogP contribution in [0.3, 0.4) is 0 Å². The summed E-state index contributed by atoms with van der Waals surface area (Å²) in [6.45, 7) is 6.09. The number of nitrogens with one attached hydrogen (secondary N) is 2. The molecule has 0 saturated carbocycles. The van der Waals surface area contributed by atoms with Crippen molar-refractivity contribution in [2.45, 2.75) is 31.4 Å². The van der Waals surface area contributed by atoms with E-state index in [1.54, 1.807) is 11.0 Å². The standard InChI is InChI=1S/C26H27ClFN5O3/c1-2-25(34)33-8-3-4-17(13-33)31-23-11-19-22(12-24(23)36-18-7-9-35-14-18)29-15-30-26(19)32-16-5-6-21(28)20(27)10-16/h2,5-6,10-12,15,17-18,31H,1,3-4,7-9,13-14H2,(H,29,30,32)/t17?,18-/m0/s1. The monoisotopic (exact) mass is 511 g/mol. The summed E-state index contributed by atoms with van der Waals surface area (Å²) >= 11 is 5.96. The number of ether oxygens (including phenoxy) is 2. The fourth-order valence-corrected chi connectivity index (χ4v) is 4.71. The van der Waals surface area contributed by atoms with Crippen LogP contribution in [0.5, 0.6) is 5.75 Å². The van der Waals surface area contributed by atoms with E-state index >= 15 is 0 Å². The number of rotatable bonds is 7. The number of carbonyl (C=O) groups is 1. The predicted octanol–water partition coefficient (Wildman–Crippen LogP) is 4.92. The Morgan fingerprint density at radius 3 is 2.94 bits per heavy atom. The maximum atomic E-state index is 13.6. The molecule has 1 amide bonds. The third kappa shape index (κ3) is 5.37. The summed E-state index contributed by atoms with van der Waals surface area (Å²) in [5, 5.41) is 7.57. The second kappa shape index (κ2) is 10.7. The minimum atomic E-state index is -0.490. The van der Waals surface area contributed by atoms with E-state index in [2.05, 4.69) is 27.2 Å². The lowest BCUT2D eigenvalue weighted by atomic mass is 10.0. The van der Waals surface area contributed by atoms with Crippen LogP contribution in [-0.4, -0.2) is 59.2 Å². The van der Waals surface area contributed by atoms with Gasteiger partial charge >= 0.3 is 0 Å². The molecule has 2 N–H and O–H groups in total. The number of nitrogens with zero attached hydrogens (tertiary/aromatic N) is 3. The van der Waals surface area contributed by atoms with Crippen LogP contribution >= 0.6 is 11.6 Å². The van der Waals surface area contributed by atoms with E-state index in [1.807, 2.05) is 12.1 Å². The van der Waals surface area contributed by atoms with Gasteiger partial charge in [-0.1, -0.05) is 18.2 Å². The Kier molecular flexibility index (Phi) is 7.20. The zero-order valence-corrected chi connectivity index (χ0v) is 20.4. The highest BCUT2D eigenvalue weighted by atomic mass is 35.5. The van der Waals surface area contributed by atoms with Gasteiger partial charge in [-0.05, 0) is 43.2 Å². The number of fused-ring (bicyclic) bond motifs is 1. The average molecular weight is 512 g/mol. The molecule has 0 bridgehead atoms. The van der Waals surface area contributed by atoms with E-state index in [4.69, 9.17) is 21.1 Å². The molecule has 2 atom stereocenters. The second-order valence-corrected chi connectivity index (χ2v) is 9.32. The highest BCUT2D eigenvalue weighted by Gasteiger charge is 2.25. The number of piperidine rings is 1. The largest absolute Gasteiger partial charge is 0.486 e. The summed E-state index contributed by atoms with van der Waals surface area (Å²) < 4.78 is 25.4. The number of aromatic nitrogens is 2. The highest BCUT2D eigenvalue weighted by molar-refractivity contribution is 6.31. The average Bonchev–Trinajstić information content (AvgIpc) is 3.40. The van der Waals surface area contributed by atoms with Crippen LogP contribution in [0.4, 0.5) is 21.6 Å². The number of amides is 1. The van der Waals surface area contributed by atoms with E-state index in [-0.39, 0.29) is 23.1 Å². The number of halogens is 2. The van der Waals surface area contributed by atoms with Crippen molar-refractivity contribution >= 4 is 45.6 Å². The lowest BCUT2D eigenvalue weighted by Crippen LogP contribution is -2.44. The van der Waals surface area contributed by atoms with Crippen LogP contribution < -0.4 is 15.4 Å². The molecule has 0 aliphatic carbocycles. The molecule has 2 aliphatic heterocycles. The first kappa shape index (κ1) is 24.3. The maximum Gasteiger partial charge on any atom is 0.246 e. The molecule has 36 heavy (non-hydrogen) atoms. The molecule has 1 unspecified atom stereocenters. The van der Waals surface area contributed by atoms with E-state index in [1.165, 1.54) is 24.5 Å². The lowest BCUT2D eigenvalue weighted by molar-refractivity contribution is -0.127. The summed E-state index contributed by atoms with van der Waals surface area (Å²) in [5.41, 5.74) is 2.07. The molecule has 2 fully saturated rings. The van der Waals surface area contributed by atoms with Crippen molar-refractivity contribution in [3.05, 3.63) is 60.2 Å². The van der Waals surface area contributed by atoms with Crippen LogP contribution in [0, 0.1) is 5.82 Å². The van der Waals surface area contributed by atoms with Crippen molar-refractivity contribution in [1.29, 1.82) is 0 Å². The van der Waals surface area contributed by atoms with E-state index in [9.17, 15) is 9.18 Å². The van der Waals surface area contributed by atoms with Crippen LogP contribution in [0.25, 0.3) is 10.9 Å². The van der Waals surface area contributed by atoms with Crippen LogP contribution in [-0.2, 0) is 9.53 Å². The molecule has 5 rings (SSSR count). The molecule has 3 heterocycles. The Morgan fingerprint density at radius 2 is 2.17 bits per heavy atom. The van der Waals surface area contributed by atoms with E-state index in [0.29, 0.717) is 49.1 Å². The van der Waals surface area contributed by atoms with Crippen molar-refractivity contribution < 1.29 is 18.7 Å². The fourth-order valence-electron chi connectivity index (χ4n) is 4.53. The number of benzene rings is 2. The van der Waals surface area contributed by atoms with Gasteiger partial charge in [0.05, 0.1) is 29.4 Å². The maximum absolute atomic E-state index is 13.6. The minimum absolute atomic E-state index is 0.0195. The smallest absolute Gasteiger partial charge is 0.246 e. The zero-order valence-electron chi connectivity index (χ0n) is 19.7. The number of hydrogen-bond acceptors (Lipinski definition) is 7. The van der Waals surface area contributed by atoms with Gasteiger partial charge in [0.25, 0.3) is 0 Å². The third-order valence-electron chi connectivity index (χ3n) is 6.37. The molecule has 3 aromatic rings. The van der Waals surface area contributed by atoms with Crippen LogP contribution in [0.1, 0.15) is 19.3 Å². The molecule has 188 valence electrons. The Bertz CT molecular complexity index is 1280. The van der Waals surface area contributed by atoms with Gasteiger partial charge in [-0.25, -0.2) is 14.4 Å².